The summed E-state index contributed by atoms with van der Waals surface area (Å²) in [6.45, 7) is 4.60. The molecule has 11 nitrogen and oxygen atoms in total. The number of unbranched alkanes of at least 4 members (excludes halogenated alkanes) is 31. The van der Waals surface area contributed by atoms with Gasteiger partial charge in [-0.25, -0.2) is 4.57 Å². The summed E-state index contributed by atoms with van der Waals surface area (Å²) in [7, 11) is -4.75. The van der Waals surface area contributed by atoms with E-state index in [1.165, 1.54) is 128 Å². The van der Waals surface area contributed by atoms with Crippen molar-refractivity contribution < 1.29 is 52.2 Å². The van der Waals surface area contributed by atoms with Gasteiger partial charge in [0.15, 0.2) is 6.10 Å². The molecule has 0 aliphatic carbocycles. The molecule has 3 atom stereocenters. The molecule has 0 aromatic heterocycles. The van der Waals surface area contributed by atoms with E-state index in [1.807, 2.05) is 0 Å². The van der Waals surface area contributed by atoms with Crippen LogP contribution in [0.5, 0.6) is 0 Å². The Hall–Kier alpha value is -2.82. The molecule has 0 aliphatic rings. The molecule has 0 radical (unpaired) electrons. The monoisotopic (exact) mass is 1090 g/mol. The predicted octanol–water partition coefficient (Wildman–Crippen LogP) is 18.7. The number of esters is 3. The van der Waals surface area contributed by atoms with Crippen LogP contribution in [0.15, 0.2) is 60.8 Å². The van der Waals surface area contributed by atoms with Crippen molar-refractivity contribution in [3.8, 4) is 0 Å². The number of hydrogen-bond donors (Lipinski definition) is 2. The average molecular weight is 1090 g/mol. The summed E-state index contributed by atoms with van der Waals surface area (Å²) in [6.07, 6.45) is 64.5. The molecule has 0 spiro atoms. The van der Waals surface area contributed by atoms with Crippen LogP contribution >= 0.6 is 7.82 Å². The summed E-state index contributed by atoms with van der Waals surface area (Å²) >= 11 is 0. The Bertz CT molecular complexity index is 1510. The Balaban J connectivity index is 4.72. The molecule has 0 bridgehead atoms. The molecule has 442 valence electrons. The Morgan fingerprint density at radius 3 is 1.01 bits per heavy atom. The molecule has 12 heteroatoms. The number of carbonyl (C=O) groups excluding carboxylic acids is 3. The third-order valence-corrected chi connectivity index (χ3v) is 14.4. The van der Waals surface area contributed by atoms with Gasteiger partial charge in [-0.05, 0) is 89.9 Å². The van der Waals surface area contributed by atoms with Gasteiger partial charge in [0, 0.05) is 19.3 Å². The normalized spacial score (nSPS) is 13.7. The van der Waals surface area contributed by atoms with E-state index < -0.39 is 57.8 Å². The highest BCUT2D eigenvalue weighted by Gasteiger charge is 2.28. The van der Waals surface area contributed by atoms with E-state index in [2.05, 4.69) is 81.5 Å². The first-order valence-corrected chi connectivity index (χ1v) is 32.7. The summed E-state index contributed by atoms with van der Waals surface area (Å²) in [5.41, 5.74) is 0. The molecular weight excluding hydrogens is 976 g/mol. The number of rotatable bonds is 58. The van der Waals surface area contributed by atoms with Crippen molar-refractivity contribution in [3.63, 3.8) is 0 Å². The molecule has 0 aliphatic heterocycles. The smallest absolute Gasteiger partial charge is 0.462 e. The van der Waals surface area contributed by atoms with Crippen molar-refractivity contribution in [2.75, 3.05) is 26.4 Å². The molecule has 0 rings (SSSR count). The minimum Gasteiger partial charge on any atom is -0.462 e. The van der Waals surface area contributed by atoms with Crippen molar-refractivity contribution >= 4 is 25.7 Å². The highest BCUT2D eigenvalue weighted by atomic mass is 31.2. The van der Waals surface area contributed by atoms with E-state index in [-0.39, 0.29) is 25.9 Å². The second kappa shape index (κ2) is 58.3. The number of aliphatic hydroxyl groups excluding tert-OH is 1. The standard InChI is InChI=1S/C64H115O11P/c1-4-7-10-13-16-19-22-24-26-28-30-32-34-36-39-41-44-47-50-53-62(66)71-57-61(75-64(68)55-52-49-46-43-40-37-35-33-31-29-27-25-23-20-17-14-11-8-5-2)59-73-76(69,70)72-58-60(56-65)74-63(67)54-51-48-45-42-38-21-18-15-12-9-6-3/h16-17,19-20,24-27,30,32,60-61,65H,4-15,18,21-23,28-29,31,33-59H2,1-3H3,(H,69,70)/b19-16-,20-17-,26-24-,27-25-,32-30-. The highest BCUT2D eigenvalue weighted by Crippen LogP contribution is 2.43. The van der Waals surface area contributed by atoms with Gasteiger partial charge < -0.3 is 24.2 Å². The van der Waals surface area contributed by atoms with Crippen LogP contribution in [-0.2, 0) is 42.2 Å². The van der Waals surface area contributed by atoms with E-state index in [0.717, 1.165) is 103 Å². The van der Waals surface area contributed by atoms with E-state index >= 15 is 0 Å². The third-order valence-electron chi connectivity index (χ3n) is 13.4. The second-order valence-electron chi connectivity index (χ2n) is 20.9. The van der Waals surface area contributed by atoms with Gasteiger partial charge in [-0.2, -0.15) is 0 Å². The van der Waals surface area contributed by atoms with Crippen molar-refractivity contribution in [2.45, 2.75) is 303 Å². The summed E-state index contributed by atoms with van der Waals surface area (Å²) in [4.78, 5) is 48.6. The number of hydrogen-bond acceptors (Lipinski definition) is 10. The van der Waals surface area contributed by atoms with Crippen LogP contribution in [0.25, 0.3) is 0 Å². The highest BCUT2D eigenvalue weighted by molar-refractivity contribution is 7.47. The molecule has 3 unspecified atom stereocenters. The number of ether oxygens (including phenoxy) is 3. The van der Waals surface area contributed by atoms with Gasteiger partial charge >= 0.3 is 25.7 Å². The summed E-state index contributed by atoms with van der Waals surface area (Å²) in [5, 5.41) is 9.81. The van der Waals surface area contributed by atoms with Crippen molar-refractivity contribution in [2.24, 2.45) is 0 Å². The molecule has 0 fully saturated rings. The van der Waals surface area contributed by atoms with Gasteiger partial charge in [-0.15, -0.1) is 0 Å². The minimum atomic E-state index is -4.75. The van der Waals surface area contributed by atoms with Gasteiger partial charge in [0.05, 0.1) is 19.8 Å². The van der Waals surface area contributed by atoms with Crippen LogP contribution in [0.4, 0.5) is 0 Å². The van der Waals surface area contributed by atoms with E-state index in [9.17, 15) is 28.9 Å². The van der Waals surface area contributed by atoms with E-state index in [1.54, 1.807) is 0 Å². The Labute approximate surface area is 465 Å². The Kier molecular flexibility index (Phi) is 56.2. The van der Waals surface area contributed by atoms with E-state index in [4.69, 9.17) is 23.3 Å². The Morgan fingerprint density at radius 2 is 0.645 bits per heavy atom. The number of carbonyl (C=O) groups is 3. The number of phosphoric acid groups is 1. The molecule has 0 aromatic carbocycles. The fourth-order valence-electron chi connectivity index (χ4n) is 8.63. The van der Waals surface area contributed by atoms with Gasteiger partial charge in [0.2, 0.25) is 0 Å². The second-order valence-corrected chi connectivity index (χ2v) is 22.3. The van der Waals surface area contributed by atoms with Gasteiger partial charge in [-0.1, -0.05) is 242 Å². The Morgan fingerprint density at radius 1 is 0.368 bits per heavy atom. The lowest BCUT2D eigenvalue weighted by molar-refractivity contribution is -0.161. The zero-order valence-electron chi connectivity index (χ0n) is 49.0. The molecular formula is C64H115O11P. The maximum absolute atomic E-state index is 12.9. The quantitative estimate of drug-likeness (QED) is 0.0197. The molecule has 0 aromatic rings. The topological polar surface area (TPSA) is 155 Å². The summed E-state index contributed by atoms with van der Waals surface area (Å²) in [6, 6.07) is 0. The number of allylic oxidation sites excluding steroid dienone is 10. The molecule has 2 N–H and O–H groups in total. The molecule has 0 amide bonds. The zero-order valence-corrected chi connectivity index (χ0v) is 49.9. The van der Waals surface area contributed by atoms with Crippen LogP contribution in [0, 0.1) is 0 Å². The fraction of sp³-hybridized carbons (Fsp3) is 0.797. The molecule has 0 saturated carbocycles. The summed E-state index contributed by atoms with van der Waals surface area (Å²) < 4.78 is 39.6. The molecule has 0 heterocycles. The van der Waals surface area contributed by atoms with Gasteiger partial charge in [0.1, 0.15) is 12.7 Å². The van der Waals surface area contributed by atoms with Crippen molar-refractivity contribution in [1.82, 2.24) is 0 Å². The van der Waals surface area contributed by atoms with Crippen LogP contribution in [-0.4, -0.2) is 66.5 Å². The van der Waals surface area contributed by atoms with E-state index in [0.29, 0.717) is 19.3 Å². The lowest BCUT2D eigenvalue weighted by Gasteiger charge is -2.21. The fourth-order valence-corrected chi connectivity index (χ4v) is 9.41. The van der Waals surface area contributed by atoms with Crippen LogP contribution in [0.3, 0.4) is 0 Å². The van der Waals surface area contributed by atoms with Crippen molar-refractivity contribution in [1.29, 1.82) is 0 Å². The van der Waals surface area contributed by atoms with Crippen molar-refractivity contribution in [3.05, 3.63) is 60.8 Å². The lowest BCUT2D eigenvalue weighted by atomic mass is 10.1. The maximum Gasteiger partial charge on any atom is 0.472 e. The summed E-state index contributed by atoms with van der Waals surface area (Å²) in [5.74, 6) is -1.47. The first kappa shape index (κ1) is 73.2. The number of phosphoric ester groups is 1. The molecule has 0 saturated heterocycles. The number of aliphatic hydroxyl groups is 1. The maximum atomic E-state index is 12.9. The third kappa shape index (κ3) is 55.9. The largest absolute Gasteiger partial charge is 0.472 e. The van der Waals surface area contributed by atoms with Crippen LogP contribution in [0.2, 0.25) is 0 Å². The average Bonchev–Trinajstić information content (AvgIpc) is 3.41. The lowest BCUT2D eigenvalue weighted by Crippen LogP contribution is -2.30. The SMILES string of the molecule is CCCCC/C=C\C/C=C\C/C=C\CCCCCCCCC(=O)OCC(COP(=O)(O)OCC(CO)OC(=O)CCCCCCCCCCCCC)OC(=O)CCCCCCCCCCC/C=C\C/C=C\CCCCC. The predicted molar refractivity (Wildman–Crippen MR) is 316 cm³/mol. The van der Waals surface area contributed by atoms with Crippen LogP contribution in [0.1, 0.15) is 290 Å². The first-order chi connectivity index (χ1) is 37.2. The molecule has 76 heavy (non-hydrogen) atoms. The minimum absolute atomic E-state index is 0.160. The van der Waals surface area contributed by atoms with Gasteiger partial charge in [-0.3, -0.25) is 23.4 Å². The van der Waals surface area contributed by atoms with Gasteiger partial charge in [0.25, 0.3) is 0 Å². The first-order valence-electron chi connectivity index (χ1n) is 31.2. The van der Waals surface area contributed by atoms with Crippen LogP contribution < -0.4 is 0 Å². The zero-order chi connectivity index (χ0) is 55.5.